The minimum absolute atomic E-state index is 0. The number of aryl methyl sites for hydroxylation is 1. The number of benzene rings is 1. The Balaban J connectivity index is 0.00000300. The van der Waals surface area contributed by atoms with E-state index < -0.39 is 0 Å². The predicted molar refractivity (Wildman–Crippen MR) is 127 cm³/mol. The summed E-state index contributed by atoms with van der Waals surface area (Å²) in [5.74, 6) is 2.63. The normalized spacial score (nSPS) is 15.3. The van der Waals surface area contributed by atoms with Crippen LogP contribution < -0.4 is 20.1 Å². The first kappa shape index (κ1) is 23.3. The summed E-state index contributed by atoms with van der Waals surface area (Å²) >= 11 is 0. The Morgan fingerprint density at radius 3 is 2.86 bits per heavy atom. The van der Waals surface area contributed by atoms with Gasteiger partial charge in [0.25, 0.3) is 0 Å². The fourth-order valence-corrected chi connectivity index (χ4v) is 3.28. The van der Waals surface area contributed by atoms with Crippen molar-refractivity contribution in [3.63, 3.8) is 0 Å². The van der Waals surface area contributed by atoms with Crippen molar-refractivity contribution >= 4 is 29.9 Å². The second-order valence-electron chi connectivity index (χ2n) is 7.04. The van der Waals surface area contributed by atoms with Crippen molar-refractivity contribution < 1.29 is 9.47 Å². The topological polar surface area (TPSA) is 72.7 Å². The Morgan fingerprint density at radius 1 is 1.34 bits per heavy atom. The van der Waals surface area contributed by atoms with Crippen LogP contribution in [0, 0.1) is 6.92 Å². The molecule has 8 heteroatoms. The number of guanidine groups is 1. The molecule has 1 aliphatic rings. The van der Waals surface area contributed by atoms with Gasteiger partial charge in [-0.05, 0) is 45.4 Å². The minimum atomic E-state index is 0. The molecule has 29 heavy (non-hydrogen) atoms. The summed E-state index contributed by atoms with van der Waals surface area (Å²) in [5, 5.41) is 11.0. The molecule has 1 unspecified atom stereocenters. The molecule has 0 spiro atoms. The first-order valence-corrected chi connectivity index (χ1v) is 10.1. The zero-order valence-corrected chi connectivity index (χ0v) is 20.0. The number of aliphatic imine (C=N–C) groups is 1. The summed E-state index contributed by atoms with van der Waals surface area (Å²) < 4.78 is 13.7. The van der Waals surface area contributed by atoms with E-state index >= 15 is 0 Å². The summed E-state index contributed by atoms with van der Waals surface area (Å²) in [5.41, 5.74) is 3.41. The fraction of sp³-hybridized carbons (Fsp3) is 0.524. The Kier molecular flexibility index (Phi) is 9.06. The second kappa shape index (κ2) is 11.3. The van der Waals surface area contributed by atoms with Gasteiger partial charge in [-0.2, -0.15) is 5.10 Å². The van der Waals surface area contributed by atoms with Crippen LogP contribution in [-0.2, 0) is 19.5 Å². The highest BCUT2D eigenvalue weighted by Crippen LogP contribution is 2.35. The molecule has 0 bridgehead atoms. The molecule has 0 saturated heterocycles. The maximum Gasteiger partial charge on any atom is 0.191 e. The highest BCUT2D eigenvalue weighted by Gasteiger charge is 2.21. The first-order chi connectivity index (χ1) is 13.6. The van der Waals surface area contributed by atoms with Crippen molar-refractivity contribution in [2.75, 3.05) is 19.7 Å². The SMILES string of the molecule is CCNC(=NCc1cc2c(cc1OCC)CC(C)O2)NCCn1cc(C)cn1.I. The molecular weight excluding hydrogens is 481 g/mol. The molecule has 1 aromatic heterocycles. The number of hydrogen-bond acceptors (Lipinski definition) is 4. The number of halogens is 1. The van der Waals surface area contributed by atoms with Crippen molar-refractivity contribution in [2.45, 2.75) is 53.3 Å². The number of nitrogens with one attached hydrogen (secondary N) is 2. The van der Waals surface area contributed by atoms with Crippen LogP contribution in [0.3, 0.4) is 0 Å². The summed E-state index contributed by atoms with van der Waals surface area (Å²) in [6, 6.07) is 4.18. The predicted octanol–water partition coefficient (Wildman–Crippen LogP) is 3.29. The van der Waals surface area contributed by atoms with Gasteiger partial charge in [-0.25, -0.2) is 4.99 Å². The van der Waals surface area contributed by atoms with Gasteiger partial charge in [0.15, 0.2) is 5.96 Å². The molecule has 0 fully saturated rings. The smallest absolute Gasteiger partial charge is 0.191 e. The molecule has 1 aromatic carbocycles. The van der Waals surface area contributed by atoms with Gasteiger partial charge in [0, 0.05) is 36.8 Å². The lowest BCUT2D eigenvalue weighted by Crippen LogP contribution is -2.38. The van der Waals surface area contributed by atoms with Gasteiger partial charge in [-0.15, -0.1) is 24.0 Å². The molecule has 1 aliphatic heterocycles. The molecule has 160 valence electrons. The number of nitrogens with zero attached hydrogens (tertiary/aromatic N) is 3. The Labute approximate surface area is 190 Å². The third-order valence-corrected chi connectivity index (χ3v) is 4.53. The van der Waals surface area contributed by atoms with Crippen molar-refractivity contribution in [2.24, 2.45) is 4.99 Å². The van der Waals surface area contributed by atoms with Crippen molar-refractivity contribution in [1.82, 2.24) is 20.4 Å². The number of ether oxygens (including phenoxy) is 2. The number of aromatic nitrogens is 2. The van der Waals surface area contributed by atoms with E-state index in [2.05, 4.69) is 41.7 Å². The third kappa shape index (κ3) is 6.52. The van der Waals surface area contributed by atoms with Crippen molar-refractivity contribution in [3.8, 4) is 11.5 Å². The molecule has 3 rings (SSSR count). The largest absolute Gasteiger partial charge is 0.494 e. The lowest BCUT2D eigenvalue weighted by molar-refractivity contribution is 0.254. The lowest BCUT2D eigenvalue weighted by Gasteiger charge is -2.14. The van der Waals surface area contributed by atoms with E-state index in [1.54, 1.807) is 0 Å². The molecule has 7 nitrogen and oxygen atoms in total. The number of fused-ring (bicyclic) bond motifs is 1. The van der Waals surface area contributed by atoms with Crippen LogP contribution in [-0.4, -0.2) is 41.5 Å². The van der Waals surface area contributed by atoms with Crippen LogP contribution in [0.4, 0.5) is 0 Å². The van der Waals surface area contributed by atoms with Gasteiger partial charge in [0.2, 0.25) is 0 Å². The standard InChI is InChI=1S/C21H31N5O2.HI/c1-5-22-21(23-7-8-26-14-15(3)12-25-26)24-13-18-11-20-17(9-16(4)28-20)10-19(18)27-6-2;/h10-12,14,16H,5-9,13H2,1-4H3,(H2,22,23,24);1H. The van der Waals surface area contributed by atoms with Gasteiger partial charge < -0.3 is 20.1 Å². The maximum atomic E-state index is 5.91. The van der Waals surface area contributed by atoms with Crippen LogP contribution in [0.25, 0.3) is 0 Å². The summed E-state index contributed by atoms with van der Waals surface area (Å²) in [7, 11) is 0. The zero-order valence-electron chi connectivity index (χ0n) is 17.7. The van der Waals surface area contributed by atoms with Gasteiger partial charge in [0.05, 0.1) is 25.9 Å². The van der Waals surface area contributed by atoms with E-state index in [9.17, 15) is 0 Å². The van der Waals surface area contributed by atoms with Crippen LogP contribution in [0.5, 0.6) is 11.5 Å². The summed E-state index contributed by atoms with van der Waals surface area (Å²) in [6.45, 7) is 11.7. The first-order valence-electron chi connectivity index (χ1n) is 10.1. The quantitative estimate of drug-likeness (QED) is 0.322. The van der Waals surface area contributed by atoms with E-state index in [0.29, 0.717) is 13.2 Å². The van der Waals surface area contributed by atoms with Gasteiger partial charge in [-0.3, -0.25) is 4.68 Å². The van der Waals surface area contributed by atoms with Crippen molar-refractivity contribution in [1.29, 1.82) is 0 Å². The van der Waals surface area contributed by atoms with Crippen molar-refractivity contribution in [3.05, 3.63) is 41.2 Å². The van der Waals surface area contributed by atoms with Crippen LogP contribution in [0.15, 0.2) is 29.5 Å². The Morgan fingerprint density at radius 2 is 2.17 bits per heavy atom. The Hall–Kier alpha value is -1.97. The average molecular weight is 513 g/mol. The van der Waals surface area contributed by atoms with E-state index in [1.165, 1.54) is 5.56 Å². The van der Waals surface area contributed by atoms with E-state index in [0.717, 1.165) is 54.6 Å². The van der Waals surface area contributed by atoms with Crippen LogP contribution in [0.1, 0.15) is 37.5 Å². The lowest BCUT2D eigenvalue weighted by atomic mass is 10.1. The summed E-state index contributed by atoms with van der Waals surface area (Å²) in [6.07, 6.45) is 5.04. The molecule has 2 N–H and O–H groups in total. The molecule has 0 saturated carbocycles. The number of rotatable bonds is 8. The average Bonchev–Trinajstić information content (AvgIpc) is 3.23. The van der Waals surface area contributed by atoms with E-state index in [-0.39, 0.29) is 30.1 Å². The monoisotopic (exact) mass is 513 g/mol. The van der Waals surface area contributed by atoms with Crippen LogP contribution >= 0.6 is 24.0 Å². The molecule has 0 aliphatic carbocycles. The minimum Gasteiger partial charge on any atom is -0.494 e. The molecule has 1 atom stereocenters. The highest BCUT2D eigenvalue weighted by molar-refractivity contribution is 14.0. The van der Waals surface area contributed by atoms with E-state index in [4.69, 9.17) is 14.5 Å². The second-order valence-corrected chi connectivity index (χ2v) is 7.04. The summed E-state index contributed by atoms with van der Waals surface area (Å²) in [4.78, 5) is 4.74. The fourth-order valence-electron chi connectivity index (χ4n) is 3.28. The molecule has 2 heterocycles. The third-order valence-electron chi connectivity index (χ3n) is 4.53. The van der Waals surface area contributed by atoms with Gasteiger partial charge in [-0.1, -0.05) is 0 Å². The van der Waals surface area contributed by atoms with E-state index in [1.807, 2.05) is 30.9 Å². The highest BCUT2D eigenvalue weighted by atomic mass is 127. The molecular formula is C21H32IN5O2. The molecule has 0 radical (unpaired) electrons. The molecule has 0 amide bonds. The van der Waals surface area contributed by atoms with Gasteiger partial charge in [0.1, 0.15) is 17.6 Å². The Bertz CT molecular complexity index is 821. The van der Waals surface area contributed by atoms with Crippen LogP contribution in [0.2, 0.25) is 0 Å². The molecule has 2 aromatic rings. The number of hydrogen-bond donors (Lipinski definition) is 2. The van der Waals surface area contributed by atoms with Gasteiger partial charge >= 0.3 is 0 Å². The zero-order chi connectivity index (χ0) is 19.9. The maximum absolute atomic E-state index is 5.91.